The Bertz CT molecular complexity index is 753. The second-order valence-corrected chi connectivity index (χ2v) is 7.18. The first-order valence-corrected chi connectivity index (χ1v) is 9.11. The summed E-state index contributed by atoms with van der Waals surface area (Å²) in [5.41, 5.74) is 0. The fourth-order valence-electron chi connectivity index (χ4n) is 3.26. The van der Waals surface area contributed by atoms with Gasteiger partial charge in [0.2, 0.25) is 11.7 Å². The first-order valence-electron chi connectivity index (χ1n) is 8.23. The van der Waals surface area contributed by atoms with Crippen LogP contribution in [0.4, 0.5) is 0 Å². The van der Waals surface area contributed by atoms with Gasteiger partial charge in [-0.05, 0) is 43.7 Å². The van der Waals surface area contributed by atoms with Crippen molar-refractivity contribution in [3.63, 3.8) is 0 Å². The molecule has 4 rings (SSSR count). The van der Waals surface area contributed by atoms with E-state index < -0.39 is 0 Å². The van der Waals surface area contributed by atoms with Crippen LogP contribution in [0.3, 0.4) is 0 Å². The van der Waals surface area contributed by atoms with Crippen LogP contribution in [0, 0.1) is 5.92 Å². The summed E-state index contributed by atoms with van der Waals surface area (Å²) in [6.45, 7) is 5.13. The van der Waals surface area contributed by atoms with Crippen LogP contribution in [0.5, 0.6) is 0 Å². The molecule has 3 aromatic rings. The molecule has 7 nitrogen and oxygen atoms in total. The molecule has 0 amide bonds. The molecule has 0 spiro atoms. The lowest BCUT2D eigenvalue weighted by molar-refractivity contribution is 0.102. The predicted molar refractivity (Wildman–Crippen MR) is 90.3 cm³/mol. The second kappa shape index (κ2) is 6.82. The summed E-state index contributed by atoms with van der Waals surface area (Å²) < 4.78 is 7.44. The zero-order chi connectivity index (χ0) is 16.4. The summed E-state index contributed by atoms with van der Waals surface area (Å²) in [5, 5.41) is 10.4. The molecule has 0 saturated carbocycles. The highest BCUT2D eigenvalue weighted by molar-refractivity contribution is 7.13. The molecular weight excluding hydrogens is 324 g/mol. The Morgan fingerprint density at radius 3 is 3.21 bits per heavy atom. The number of likely N-dealkylation sites (tertiary alicyclic amines) is 1. The summed E-state index contributed by atoms with van der Waals surface area (Å²) in [5.74, 6) is 1.95. The molecule has 2 atom stereocenters. The predicted octanol–water partition coefficient (Wildman–Crippen LogP) is 2.86. The Morgan fingerprint density at radius 1 is 1.46 bits per heavy atom. The molecule has 0 aromatic carbocycles. The molecular formula is C16H20N6OS. The SMILES string of the molecule is C[C@H](c1nc(-c2cccs2)no1)N1CCC[C@H](Cn2cncn2)C1. The highest BCUT2D eigenvalue weighted by Gasteiger charge is 2.28. The van der Waals surface area contributed by atoms with Crippen molar-refractivity contribution in [3.05, 3.63) is 36.1 Å². The molecule has 1 aliphatic rings. The van der Waals surface area contributed by atoms with Gasteiger partial charge >= 0.3 is 0 Å². The van der Waals surface area contributed by atoms with Gasteiger partial charge in [0.15, 0.2) is 0 Å². The van der Waals surface area contributed by atoms with Crippen LogP contribution < -0.4 is 0 Å². The Kier molecular flexibility index (Phi) is 4.40. The van der Waals surface area contributed by atoms with Gasteiger partial charge in [0.1, 0.15) is 12.7 Å². The third-order valence-electron chi connectivity index (χ3n) is 4.55. The number of rotatable bonds is 5. The second-order valence-electron chi connectivity index (χ2n) is 6.23. The van der Waals surface area contributed by atoms with E-state index in [9.17, 15) is 0 Å². The topological polar surface area (TPSA) is 72.9 Å². The smallest absolute Gasteiger partial charge is 0.244 e. The van der Waals surface area contributed by atoms with E-state index in [1.54, 1.807) is 24.0 Å². The van der Waals surface area contributed by atoms with Gasteiger partial charge in [-0.15, -0.1) is 11.3 Å². The number of nitrogens with zero attached hydrogens (tertiary/aromatic N) is 6. The molecule has 126 valence electrons. The lowest BCUT2D eigenvalue weighted by Gasteiger charge is -2.35. The quantitative estimate of drug-likeness (QED) is 0.709. The normalized spacial score (nSPS) is 20.3. The van der Waals surface area contributed by atoms with Gasteiger partial charge in [-0.25, -0.2) is 4.98 Å². The molecule has 0 aliphatic carbocycles. The third kappa shape index (κ3) is 3.25. The number of aromatic nitrogens is 5. The lowest BCUT2D eigenvalue weighted by atomic mass is 9.97. The zero-order valence-corrected chi connectivity index (χ0v) is 14.4. The molecule has 0 bridgehead atoms. The molecule has 1 aliphatic heterocycles. The average molecular weight is 344 g/mol. The minimum atomic E-state index is 0.129. The van der Waals surface area contributed by atoms with E-state index in [2.05, 4.69) is 32.0 Å². The van der Waals surface area contributed by atoms with Crippen molar-refractivity contribution in [2.75, 3.05) is 13.1 Å². The van der Waals surface area contributed by atoms with Crippen molar-refractivity contribution >= 4 is 11.3 Å². The van der Waals surface area contributed by atoms with Gasteiger partial charge in [0.25, 0.3) is 0 Å². The van der Waals surface area contributed by atoms with Crippen LogP contribution in [-0.2, 0) is 6.54 Å². The van der Waals surface area contributed by atoms with Crippen LogP contribution in [0.1, 0.15) is 31.7 Å². The lowest BCUT2D eigenvalue weighted by Crippen LogP contribution is -2.38. The number of hydrogen-bond acceptors (Lipinski definition) is 7. The molecule has 1 saturated heterocycles. The molecule has 0 unspecified atom stereocenters. The van der Waals surface area contributed by atoms with Crippen LogP contribution in [0.15, 0.2) is 34.7 Å². The van der Waals surface area contributed by atoms with E-state index in [1.165, 1.54) is 12.8 Å². The Balaban J connectivity index is 1.43. The molecule has 24 heavy (non-hydrogen) atoms. The maximum atomic E-state index is 5.52. The van der Waals surface area contributed by atoms with Gasteiger partial charge in [-0.1, -0.05) is 11.2 Å². The Hall–Kier alpha value is -2.06. The van der Waals surface area contributed by atoms with Crippen molar-refractivity contribution in [2.45, 2.75) is 32.4 Å². The molecule has 3 aromatic heterocycles. The van der Waals surface area contributed by atoms with Gasteiger partial charge in [0, 0.05) is 13.1 Å². The van der Waals surface area contributed by atoms with Crippen LogP contribution in [0.2, 0.25) is 0 Å². The van der Waals surface area contributed by atoms with E-state index in [-0.39, 0.29) is 6.04 Å². The minimum absolute atomic E-state index is 0.129. The van der Waals surface area contributed by atoms with Gasteiger partial charge < -0.3 is 4.52 Å². The van der Waals surface area contributed by atoms with E-state index in [0.717, 1.165) is 24.5 Å². The van der Waals surface area contributed by atoms with E-state index in [4.69, 9.17) is 4.52 Å². The summed E-state index contributed by atoms with van der Waals surface area (Å²) in [7, 11) is 0. The summed E-state index contributed by atoms with van der Waals surface area (Å²) in [4.78, 5) is 12.1. The van der Waals surface area contributed by atoms with Gasteiger partial charge in [-0.3, -0.25) is 9.58 Å². The van der Waals surface area contributed by atoms with Crippen molar-refractivity contribution in [3.8, 4) is 10.7 Å². The Morgan fingerprint density at radius 2 is 2.42 bits per heavy atom. The van der Waals surface area contributed by atoms with Crippen LogP contribution in [0.25, 0.3) is 10.7 Å². The molecule has 8 heteroatoms. The van der Waals surface area contributed by atoms with Crippen molar-refractivity contribution in [2.24, 2.45) is 5.92 Å². The maximum absolute atomic E-state index is 5.52. The summed E-state index contributed by atoms with van der Waals surface area (Å²) >= 11 is 1.62. The largest absolute Gasteiger partial charge is 0.337 e. The van der Waals surface area contributed by atoms with E-state index >= 15 is 0 Å². The van der Waals surface area contributed by atoms with Gasteiger partial charge in [0.05, 0.1) is 10.9 Å². The molecule has 0 N–H and O–H groups in total. The number of hydrogen-bond donors (Lipinski definition) is 0. The fourth-order valence-corrected chi connectivity index (χ4v) is 3.91. The monoisotopic (exact) mass is 344 g/mol. The highest BCUT2D eigenvalue weighted by Crippen LogP contribution is 2.28. The van der Waals surface area contributed by atoms with Crippen molar-refractivity contribution < 1.29 is 4.52 Å². The Labute approximate surface area is 144 Å². The average Bonchev–Trinajstić information content (AvgIpc) is 3.35. The van der Waals surface area contributed by atoms with E-state index in [0.29, 0.717) is 17.6 Å². The van der Waals surface area contributed by atoms with Crippen LogP contribution in [-0.4, -0.2) is 42.9 Å². The summed E-state index contributed by atoms with van der Waals surface area (Å²) in [6, 6.07) is 4.14. The number of piperidine rings is 1. The minimum Gasteiger partial charge on any atom is -0.337 e. The number of thiophene rings is 1. The fraction of sp³-hybridized carbons (Fsp3) is 0.500. The first kappa shape index (κ1) is 15.5. The molecule has 0 radical (unpaired) electrons. The zero-order valence-electron chi connectivity index (χ0n) is 13.6. The molecule has 4 heterocycles. The van der Waals surface area contributed by atoms with Gasteiger partial charge in [-0.2, -0.15) is 10.1 Å². The third-order valence-corrected chi connectivity index (χ3v) is 5.42. The standard InChI is InChI=1S/C16H20N6OS/c1-12(16-19-15(20-23-16)14-5-3-7-24-14)21-6-2-4-13(8-21)9-22-11-17-10-18-22/h3,5,7,10-13H,2,4,6,8-9H2,1H3/t12-,13+/m1/s1. The maximum Gasteiger partial charge on any atom is 0.244 e. The van der Waals surface area contributed by atoms with Crippen molar-refractivity contribution in [1.29, 1.82) is 0 Å². The molecule has 1 fully saturated rings. The first-order chi connectivity index (χ1) is 11.8. The van der Waals surface area contributed by atoms with E-state index in [1.807, 2.05) is 22.2 Å². The summed E-state index contributed by atoms with van der Waals surface area (Å²) in [6.07, 6.45) is 5.77. The van der Waals surface area contributed by atoms with Crippen molar-refractivity contribution in [1.82, 2.24) is 29.8 Å². The highest BCUT2D eigenvalue weighted by atomic mass is 32.1. The van der Waals surface area contributed by atoms with Crippen LogP contribution >= 0.6 is 11.3 Å².